The Bertz CT molecular complexity index is 472. The maximum atomic E-state index is 13.2. The van der Waals surface area contributed by atoms with Crippen LogP contribution in [0, 0.1) is 5.82 Å². The molecule has 1 aromatic carbocycles. The normalized spacial score (nSPS) is 28.4. The van der Waals surface area contributed by atoms with Crippen LogP contribution in [0.3, 0.4) is 0 Å². The van der Waals surface area contributed by atoms with E-state index >= 15 is 0 Å². The highest BCUT2D eigenvalue weighted by atomic mass is 19.4. The van der Waals surface area contributed by atoms with Crippen LogP contribution in [0.1, 0.15) is 30.9 Å². The van der Waals surface area contributed by atoms with Crippen LogP contribution >= 0.6 is 0 Å². The molecule has 0 saturated carbocycles. The van der Waals surface area contributed by atoms with Gasteiger partial charge in [0.1, 0.15) is 5.82 Å². The van der Waals surface area contributed by atoms with E-state index in [-0.39, 0.29) is 31.1 Å². The van der Waals surface area contributed by atoms with E-state index in [9.17, 15) is 22.7 Å². The standard InChI is InChI=1S/C13H14F4O2/c1-8-7-12(18,4-5-19-8)9-2-3-11(14)10(6-9)13(15,16)17/h2-3,6,8,18H,4-5,7H2,1H3. The first kappa shape index (κ1) is 14.3. The molecule has 0 spiro atoms. The Balaban J connectivity index is 2.40. The van der Waals surface area contributed by atoms with Gasteiger partial charge in [-0.25, -0.2) is 4.39 Å². The lowest BCUT2D eigenvalue weighted by atomic mass is 9.83. The fourth-order valence-corrected chi connectivity index (χ4v) is 2.36. The van der Waals surface area contributed by atoms with E-state index in [1.54, 1.807) is 6.92 Å². The first-order valence-electron chi connectivity index (χ1n) is 5.93. The average molecular weight is 278 g/mol. The number of hydrogen-bond donors (Lipinski definition) is 1. The molecule has 0 bridgehead atoms. The van der Waals surface area contributed by atoms with Crippen LogP contribution in [-0.2, 0) is 16.5 Å². The van der Waals surface area contributed by atoms with E-state index in [1.807, 2.05) is 0 Å². The quantitative estimate of drug-likeness (QED) is 0.799. The SMILES string of the molecule is CC1CC(O)(c2ccc(F)c(C(F)(F)F)c2)CCO1. The second-order valence-electron chi connectivity index (χ2n) is 4.86. The van der Waals surface area contributed by atoms with Crippen molar-refractivity contribution in [3.05, 3.63) is 35.1 Å². The molecular formula is C13H14F4O2. The number of hydrogen-bond acceptors (Lipinski definition) is 2. The molecule has 0 aromatic heterocycles. The summed E-state index contributed by atoms with van der Waals surface area (Å²) in [5, 5.41) is 10.4. The third-order valence-corrected chi connectivity index (χ3v) is 3.35. The van der Waals surface area contributed by atoms with Gasteiger partial charge in [-0.3, -0.25) is 0 Å². The fraction of sp³-hybridized carbons (Fsp3) is 0.538. The topological polar surface area (TPSA) is 29.5 Å². The van der Waals surface area contributed by atoms with E-state index in [0.29, 0.717) is 6.07 Å². The highest BCUT2D eigenvalue weighted by molar-refractivity contribution is 5.31. The molecule has 106 valence electrons. The van der Waals surface area contributed by atoms with Gasteiger partial charge in [-0.2, -0.15) is 13.2 Å². The maximum absolute atomic E-state index is 13.2. The van der Waals surface area contributed by atoms with Crippen LogP contribution in [0.25, 0.3) is 0 Å². The molecule has 0 amide bonds. The molecule has 0 radical (unpaired) electrons. The van der Waals surface area contributed by atoms with Gasteiger partial charge in [0.2, 0.25) is 0 Å². The number of rotatable bonds is 1. The molecule has 0 aliphatic carbocycles. The lowest BCUT2D eigenvalue weighted by molar-refractivity contribution is -0.140. The summed E-state index contributed by atoms with van der Waals surface area (Å²) in [6.45, 7) is 1.99. The van der Waals surface area contributed by atoms with Crippen LogP contribution in [0.5, 0.6) is 0 Å². The van der Waals surface area contributed by atoms with Crippen LogP contribution in [0.2, 0.25) is 0 Å². The Morgan fingerprint density at radius 3 is 2.63 bits per heavy atom. The van der Waals surface area contributed by atoms with Crippen molar-refractivity contribution in [2.45, 2.75) is 37.6 Å². The van der Waals surface area contributed by atoms with Gasteiger partial charge in [0.05, 0.1) is 23.9 Å². The van der Waals surface area contributed by atoms with Crippen molar-refractivity contribution in [3.63, 3.8) is 0 Å². The summed E-state index contributed by atoms with van der Waals surface area (Å²) in [6, 6.07) is 2.63. The van der Waals surface area contributed by atoms with Crippen molar-refractivity contribution in [1.82, 2.24) is 0 Å². The minimum atomic E-state index is -4.77. The highest BCUT2D eigenvalue weighted by Gasteiger charge is 2.39. The second kappa shape index (κ2) is 4.76. The summed E-state index contributed by atoms with van der Waals surface area (Å²) in [6.07, 6.45) is -4.64. The Labute approximate surface area is 108 Å². The van der Waals surface area contributed by atoms with Crippen LogP contribution < -0.4 is 0 Å². The van der Waals surface area contributed by atoms with Crippen LogP contribution in [0.4, 0.5) is 17.6 Å². The van der Waals surface area contributed by atoms with Gasteiger partial charge in [-0.1, -0.05) is 6.07 Å². The predicted molar refractivity (Wildman–Crippen MR) is 59.9 cm³/mol. The average Bonchev–Trinajstić information content (AvgIpc) is 2.27. The molecule has 1 aromatic rings. The zero-order valence-corrected chi connectivity index (χ0v) is 10.3. The third kappa shape index (κ3) is 2.90. The van der Waals surface area contributed by atoms with E-state index in [1.165, 1.54) is 6.07 Å². The molecule has 1 aliphatic rings. The lowest BCUT2D eigenvalue weighted by Crippen LogP contribution is -2.37. The van der Waals surface area contributed by atoms with Crippen molar-refractivity contribution in [1.29, 1.82) is 0 Å². The van der Waals surface area contributed by atoms with Gasteiger partial charge in [0, 0.05) is 12.8 Å². The molecule has 2 nitrogen and oxygen atoms in total. The predicted octanol–water partition coefficient (Wildman–Crippen LogP) is 3.23. The molecule has 1 saturated heterocycles. The minimum absolute atomic E-state index is 0.0800. The summed E-state index contributed by atoms with van der Waals surface area (Å²) in [5.41, 5.74) is -2.67. The molecule has 2 unspecified atom stereocenters. The van der Waals surface area contributed by atoms with Gasteiger partial charge in [0.15, 0.2) is 0 Å². The number of benzene rings is 1. The molecule has 1 N–H and O–H groups in total. The largest absolute Gasteiger partial charge is 0.419 e. The zero-order chi connectivity index (χ0) is 14.3. The van der Waals surface area contributed by atoms with E-state index in [4.69, 9.17) is 4.74 Å². The fourth-order valence-electron chi connectivity index (χ4n) is 2.36. The second-order valence-corrected chi connectivity index (χ2v) is 4.86. The number of alkyl halides is 3. The van der Waals surface area contributed by atoms with E-state index < -0.39 is 23.2 Å². The Hall–Kier alpha value is -1.14. The summed E-state index contributed by atoms with van der Waals surface area (Å²) < 4.78 is 56.4. The maximum Gasteiger partial charge on any atom is 0.419 e. The number of ether oxygens (including phenoxy) is 1. The summed E-state index contributed by atoms with van der Waals surface area (Å²) in [4.78, 5) is 0. The van der Waals surface area contributed by atoms with E-state index in [0.717, 1.165) is 6.07 Å². The molecule has 1 aliphatic heterocycles. The van der Waals surface area contributed by atoms with Crippen molar-refractivity contribution in [2.75, 3.05) is 6.61 Å². The molecule has 2 atom stereocenters. The minimum Gasteiger partial charge on any atom is -0.385 e. The van der Waals surface area contributed by atoms with Crippen molar-refractivity contribution in [2.24, 2.45) is 0 Å². The molecule has 6 heteroatoms. The van der Waals surface area contributed by atoms with Gasteiger partial charge >= 0.3 is 6.18 Å². The van der Waals surface area contributed by atoms with Crippen molar-refractivity contribution >= 4 is 0 Å². The summed E-state index contributed by atoms with van der Waals surface area (Å²) in [7, 11) is 0. The van der Waals surface area contributed by atoms with Gasteiger partial charge < -0.3 is 9.84 Å². The molecular weight excluding hydrogens is 264 g/mol. The van der Waals surface area contributed by atoms with Gasteiger partial charge in [-0.15, -0.1) is 0 Å². The zero-order valence-electron chi connectivity index (χ0n) is 10.3. The van der Waals surface area contributed by atoms with Gasteiger partial charge in [0.25, 0.3) is 0 Å². The first-order chi connectivity index (χ1) is 8.72. The molecule has 1 fully saturated rings. The summed E-state index contributed by atoms with van der Waals surface area (Å²) in [5.74, 6) is -1.33. The molecule has 2 rings (SSSR count). The number of halogens is 4. The van der Waals surface area contributed by atoms with Crippen LogP contribution in [0.15, 0.2) is 18.2 Å². The first-order valence-corrected chi connectivity index (χ1v) is 5.93. The van der Waals surface area contributed by atoms with Gasteiger partial charge in [-0.05, 0) is 24.6 Å². The lowest BCUT2D eigenvalue weighted by Gasteiger charge is -2.36. The number of aliphatic hydroxyl groups is 1. The van der Waals surface area contributed by atoms with Crippen LogP contribution in [-0.4, -0.2) is 17.8 Å². The Kier molecular flexibility index (Phi) is 3.57. The van der Waals surface area contributed by atoms with E-state index in [2.05, 4.69) is 0 Å². The molecule has 1 heterocycles. The monoisotopic (exact) mass is 278 g/mol. The summed E-state index contributed by atoms with van der Waals surface area (Å²) >= 11 is 0. The Morgan fingerprint density at radius 2 is 2.05 bits per heavy atom. The highest BCUT2D eigenvalue weighted by Crippen LogP contribution is 2.38. The Morgan fingerprint density at radius 1 is 1.37 bits per heavy atom. The smallest absolute Gasteiger partial charge is 0.385 e. The third-order valence-electron chi connectivity index (χ3n) is 3.35. The van der Waals surface area contributed by atoms with Crippen molar-refractivity contribution < 1.29 is 27.4 Å². The van der Waals surface area contributed by atoms with Crippen molar-refractivity contribution in [3.8, 4) is 0 Å². The molecule has 19 heavy (non-hydrogen) atoms.